The number of morpholine rings is 1. The minimum Gasteiger partial charge on any atom is -0.374 e. The molecule has 4 heteroatoms. The summed E-state index contributed by atoms with van der Waals surface area (Å²) in [5.74, 6) is 0. The second kappa shape index (κ2) is 5.87. The van der Waals surface area contributed by atoms with Crippen molar-refractivity contribution in [3.05, 3.63) is 0 Å². The lowest BCUT2D eigenvalue weighted by Gasteiger charge is -2.45. The van der Waals surface area contributed by atoms with Gasteiger partial charge in [0.25, 0.3) is 0 Å². The Hall–Kier alpha value is -0.160. The highest BCUT2D eigenvalue weighted by molar-refractivity contribution is 4.87. The molecule has 2 heterocycles. The quantitative estimate of drug-likeness (QED) is 0.789. The molecular formula is C14H29N3O. The van der Waals surface area contributed by atoms with E-state index < -0.39 is 0 Å². The van der Waals surface area contributed by atoms with Gasteiger partial charge in [-0.05, 0) is 27.7 Å². The normalized spacial score (nSPS) is 30.3. The third-order valence-electron chi connectivity index (χ3n) is 4.33. The summed E-state index contributed by atoms with van der Waals surface area (Å²) in [6, 6.07) is 0.528. The molecular weight excluding hydrogens is 226 g/mol. The van der Waals surface area contributed by atoms with E-state index in [0.29, 0.717) is 17.7 Å². The van der Waals surface area contributed by atoms with Crippen LogP contribution in [0.15, 0.2) is 0 Å². The van der Waals surface area contributed by atoms with Gasteiger partial charge in [0.1, 0.15) is 0 Å². The molecule has 0 radical (unpaired) electrons. The first-order valence-corrected chi connectivity index (χ1v) is 7.30. The highest BCUT2D eigenvalue weighted by Crippen LogP contribution is 2.18. The Balaban J connectivity index is 1.81. The monoisotopic (exact) mass is 255 g/mol. The van der Waals surface area contributed by atoms with Gasteiger partial charge in [0.05, 0.1) is 12.7 Å². The number of rotatable bonds is 2. The Morgan fingerprint density at radius 1 is 1.17 bits per heavy atom. The Bertz CT molecular complexity index is 250. The highest BCUT2D eigenvalue weighted by atomic mass is 16.5. The largest absolute Gasteiger partial charge is 0.374 e. The van der Waals surface area contributed by atoms with E-state index in [2.05, 4.69) is 42.8 Å². The maximum Gasteiger partial charge on any atom is 0.0852 e. The summed E-state index contributed by atoms with van der Waals surface area (Å²) in [7, 11) is 0. The van der Waals surface area contributed by atoms with Gasteiger partial charge < -0.3 is 10.1 Å². The minimum atomic E-state index is 0.304. The van der Waals surface area contributed by atoms with Gasteiger partial charge in [-0.2, -0.15) is 0 Å². The SMILES string of the molecule is CC(C1CNCCO1)N1CCN(C(C)(C)C)CC1. The van der Waals surface area contributed by atoms with Crippen molar-refractivity contribution in [2.45, 2.75) is 45.4 Å². The van der Waals surface area contributed by atoms with Crippen LogP contribution in [0, 0.1) is 0 Å². The fourth-order valence-electron chi connectivity index (χ4n) is 2.93. The van der Waals surface area contributed by atoms with Gasteiger partial charge in [-0.3, -0.25) is 9.80 Å². The summed E-state index contributed by atoms with van der Waals surface area (Å²) >= 11 is 0. The van der Waals surface area contributed by atoms with Crippen molar-refractivity contribution in [1.29, 1.82) is 0 Å². The smallest absolute Gasteiger partial charge is 0.0852 e. The molecule has 0 aromatic heterocycles. The Morgan fingerprint density at radius 3 is 2.33 bits per heavy atom. The molecule has 1 N–H and O–H groups in total. The van der Waals surface area contributed by atoms with Crippen LogP contribution in [0.1, 0.15) is 27.7 Å². The first-order valence-electron chi connectivity index (χ1n) is 7.30. The molecule has 2 unspecified atom stereocenters. The summed E-state index contributed by atoms with van der Waals surface area (Å²) in [6.07, 6.45) is 0.361. The van der Waals surface area contributed by atoms with Crippen LogP contribution in [0.25, 0.3) is 0 Å². The van der Waals surface area contributed by atoms with E-state index in [1.807, 2.05) is 0 Å². The number of nitrogens with one attached hydrogen (secondary N) is 1. The number of ether oxygens (including phenoxy) is 1. The van der Waals surface area contributed by atoms with Crippen molar-refractivity contribution in [3.63, 3.8) is 0 Å². The van der Waals surface area contributed by atoms with Crippen molar-refractivity contribution in [1.82, 2.24) is 15.1 Å². The van der Waals surface area contributed by atoms with Crippen molar-refractivity contribution in [2.75, 3.05) is 45.9 Å². The fourth-order valence-corrected chi connectivity index (χ4v) is 2.93. The van der Waals surface area contributed by atoms with Gasteiger partial charge in [-0.15, -0.1) is 0 Å². The third kappa shape index (κ3) is 3.44. The standard InChI is InChI=1S/C14H29N3O/c1-12(13-11-15-5-10-18-13)16-6-8-17(9-7-16)14(2,3)4/h12-13,15H,5-11H2,1-4H3. The number of piperazine rings is 1. The second-order valence-electron chi connectivity index (χ2n) is 6.55. The van der Waals surface area contributed by atoms with Gasteiger partial charge in [0.2, 0.25) is 0 Å². The molecule has 4 nitrogen and oxygen atoms in total. The lowest BCUT2D eigenvalue weighted by atomic mass is 10.0. The van der Waals surface area contributed by atoms with Crippen LogP contribution in [0.4, 0.5) is 0 Å². The molecule has 2 aliphatic rings. The topological polar surface area (TPSA) is 27.7 Å². The van der Waals surface area contributed by atoms with Crippen LogP contribution in [-0.2, 0) is 4.74 Å². The van der Waals surface area contributed by atoms with Crippen molar-refractivity contribution in [2.24, 2.45) is 0 Å². The molecule has 0 saturated carbocycles. The summed E-state index contributed by atoms with van der Waals surface area (Å²) in [4.78, 5) is 5.16. The number of nitrogens with zero attached hydrogens (tertiary/aromatic N) is 2. The van der Waals surface area contributed by atoms with Crippen LogP contribution >= 0.6 is 0 Å². The lowest BCUT2D eigenvalue weighted by molar-refractivity contribution is -0.0441. The maximum absolute atomic E-state index is 5.87. The summed E-state index contributed by atoms with van der Waals surface area (Å²) in [5, 5.41) is 3.43. The molecule has 18 heavy (non-hydrogen) atoms. The van der Waals surface area contributed by atoms with E-state index in [1.165, 1.54) is 13.1 Å². The molecule has 2 fully saturated rings. The summed E-state index contributed by atoms with van der Waals surface area (Å²) in [5.41, 5.74) is 0.304. The van der Waals surface area contributed by atoms with E-state index in [1.54, 1.807) is 0 Å². The number of hydrogen-bond acceptors (Lipinski definition) is 4. The van der Waals surface area contributed by atoms with Crippen molar-refractivity contribution in [3.8, 4) is 0 Å². The van der Waals surface area contributed by atoms with Gasteiger partial charge in [-0.1, -0.05) is 0 Å². The summed E-state index contributed by atoms with van der Waals surface area (Å²) in [6.45, 7) is 16.8. The zero-order valence-corrected chi connectivity index (χ0v) is 12.4. The molecule has 0 spiro atoms. The summed E-state index contributed by atoms with van der Waals surface area (Å²) < 4.78 is 5.87. The van der Waals surface area contributed by atoms with E-state index >= 15 is 0 Å². The average Bonchev–Trinajstić information content (AvgIpc) is 2.38. The Labute approximate surface area is 112 Å². The van der Waals surface area contributed by atoms with Crippen LogP contribution in [-0.4, -0.2) is 73.4 Å². The van der Waals surface area contributed by atoms with E-state index in [-0.39, 0.29) is 0 Å². The zero-order valence-electron chi connectivity index (χ0n) is 12.4. The minimum absolute atomic E-state index is 0.304. The van der Waals surface area contributed by atoms with Crippen LogP contribution in [0.5, 0.6) is 0 Å². The Morgan fingerprint density at radius 2 is 1.83 bits per heavy atom. The van der Waals surface area contributed by atoms with Crippen molar-refractivity contribution >= 4 is 0 Å². The zero-order chi connectivity index (χ0) is 13.2. The second-order valence-corrected chi connectivity index (χ2v) is 6.55. The molecule has 2 rings (SSSR count). The average molecular weight is 255 g/mol. The van der Waals surface area contributed by atoms with Crippen molar-refractivity contribution < 1.29 is 4.74 Å². The van der Waals surface area contributed by atoms with Crippen LogP contribution in [0.2, 0.25) is 0 Å². The van der Waals surface area contributed by atoms with Gasteiger partial charge >= 0.3 is 0 Å². The van der Waals surface area contributed by atoms with Gasteiger partial charge in [0, 0.05) is 50.8 Å². The predicted molar refractivity (Wildman–Crippen MR) is 75.0 cm³/mol. The molecule has 0 aliphatic carbocycles. The van der Waals surface area contributed by atoms with Crippen LogP contribution < -0.4 is 5.32 Å². The molecule has 106 valence electrons. The third-order valence-corrected chi connectivity index (χ3v) is 4.33. The van der Waals surface area contributed by atoms with Crippen LogP contribution in [0.3, 0.4) is 0 Å². The molecule has 0 aromatic rings. The molecule has 2 saturated heterocycles. The number of hydrogen-bond donors (Lipinski definition) is 1. The van der Waals surface area contributed by atoms with E-state index in [9.17, 15) is 0 Å². The predicted octanol–water partition coefficient (Wildman–Crippen LogP) is 0.779. The van der Waals surface area contributed by atoms with Gasteiger partial charge in [-0.25, -0.2) is 0 Å². The maximum atomic E-state index is 5.87. The molecule has 0 bridgehead atoms. The molecule has 0 aromatic carbocycles. The molecule has 0 amide bonds. The van der Waals surface area contributed by atoms with E-state index in [4.69, 9.17) is 4.74 Å². The van der Waals surface area contributed by atoms with E-state index in [0.717, 1.165) is 32.8 Å². The lowest BCUT2D eigenvalue weighted by Crippen LogP contribution is -2.59. The highest BCUT2D eigenvalue weighted by Gasteiger charge is 2.31. The molecule has 2 aliphatic heterocycles. The van der Waals surface area contributed by atoms with Gasteiger partial charge in [0.15, 0.2) is 0 Å². The fraction of sp³-hybridized carbons (Fsp3) is 1.00. The molecule has 2 atom stereocenters. The first kappa shape index (κ1) is 14.3. The first-order chi connectivity index (χ1) is 8.48. The Kier molecular flexibility index (Phi) is 4.64.